The van der Waals surface area contributed by atoms with Crippen LogP contribution < -0.4 is 9.64 Å². The largest absolute Gasteiger partial charge is 0.475 e. The number of amides is 1. The molecule has 0 aliphatic carbocycles. The lowest BCUT2D eigenvalue weighted by atomic mass is 10.0. The van der Waals surface area contributed by atoms with E-state index in [9.17, 15) is 4.79 Å². The molecule has 0 saturated carbocycles. The number of fused-ring (bicyclic) bond motifs is 3. The molecule has 1 aromatic heterocycles. The number of benzene rings is 1. The van der Waals surface area contributed by atoms with Crippen molar-refractivity contribution >= 4 is 50.0 Å². The summed E-state index contributed by atoms with van der Waals surface area (Å²) in [6, 6.07) is 1.82. The van der Waals surface area contributed by atoms with E-state index in [2.05, 4.69) is 25.9 Å². The van der Waals surface area contributed by atoms with Gasteiger partial charge in [0.1, 0.15) is 22.2 Å². The SMILES string of the molecule is Cc1nc(Cl)c2cc(Br)c3c(c2n1)N(C)C(=O)C(C)(C)O3. The van der Waals surface area contributed by atoms with Crippen molar-refractivity contribution in [1.29, 1.82) is 0 Å². The van der Waals surface area contributed by atoms with Crippen LogP contribution in [0.15, 0.2) is 10.5 Å². The van der Waals surface area contributed by atoms with E-state index in [1.807, 2.05) is 6.07 Å². The zero-order chi connectivity index (χ0) is 15.5. The van der Waals surface area contributed by atoms with Crippen molar-refractivity contribution in [2.24, 2.45) is 0 Å². The summed E-state index contributed by atoms with van der Waals surface area (Å²) in [5.74, 6) is 0.994. The van der Waals surface area contributed by atoms with Crippen molar-refractivity contribution in [3.05, 3.63) is 21.5 Å². The molecule has 0 saturated heterocycles. The molecule has 0 N–H and O–H groups in total. The molecule has 0 radical (unpaired) electrons. The van der Waals surface area contributed by atoms with E-state index in [4.69, 9.17) is 16.3 Å². The minimum atomic E-state index is -0.927. The van der Waals surface area contributed by atoms with Crippen molar-refractivity contribution < 1.29 is 9.53 Å². The summed E-state index contributed by atoms with van der Waals surface area (Å²) in [5, 5.41) is 1.03. The molecule has 5 nitrogen and oxygen atoms in total. The summed E-state index contributed by atoms with van der Waals surface area (Å²) in [6.07, 6.45) is 0. The van der Waals surface area contributed by atoms with Gasteiger partial charge in [-0.05, 0) is 42.8 Å². The molecule has 21 heavy (non-hydrogen) atoms. The maximum atomic E-state index is 12.4. The highest BCUT2D eigenvalue weighted by atomic mass is 79.9. The van der Waals surface area contributed by atoms with E-state index < -0.39 is 5.60 Å². The Morgan fingerprint density at radius 1 is 1.38 bits per heavy atom. The van der Waals surface area contributed by atoms with Crippen LogP contribution in [0.1, 0.15) is 19.7 Å². The summed E-state index contributed by atoms with van der Waals surface area (Å²) < 4.78 is 6.59. The fourth-order valence-electron chi connectivity index (χ4n) is 2.48. The molecule has 0 unspecified atom stereocenters. The summed E-state index contributed by atoms with van der Waals surface area (Å²) in [4.78, 5) is 22.6. The first-order valence-corrected chi connectivity index (χ1v) is 7.53. The molecule has 1 aliphatic rings. The highest BCUT2D eigenvalue weighted by Gasteiger charge is 2.41. The predicted octanol–water partition coefficient (Wildman–Crippen LogP) is 3.49. The maximum absolute atomic E-state index is 12.4. The van der Waals surface area contributed by atoms with Crippen molar-refractivity contribution in [3.8, 4) is 5.75 Å². The van der Waals surface area contributed by atoms with Crippen LogP contribution in [0.2, 0.25) is 5.15 Å². The second-order valence-corrected chi connectivity index (χ2v) is 6.68. The van der Waals surface area contributed by atoms with Crippen LogP contribution in [0.4, 0.5) is 5.69 Å². The van der Waals surface area contributed by atoms with Crippen LogP contribution in [0.3, 0.4) is 0 Å². The minimum absolute atomic E-state index is 0.137. The Balaban J connectivity index is 2.44. The van der Waals surface area contributed by atoms with Crippen molar-refractivity contribution in [1.82, 2.24) is 9.97 Å². The standard InChI is InChI=1S/C14H13BrClN3O2/c1-6-17-9-7(12(16)18-6)5-8(15)11-10(9)19(4)13(20)14(2,3)21-11/h5H,1-4H3. The molecule has 2 heterocycles. The lowest BCUT2D eigenvalue weighted by Gasteiger charge is -2.37. The number of carbonyl (C=O) groups excluding carboxylic acids is 1. The lowest BCUT2D eigenvalue weighted by Crippen LogP contribution is -2.51. The van der Waals surface area contributed by atoms with E-state index in [0.717, 1.165) is 0 Å². The molecule has 2 aromatic rings. The number of carbonyl (C=O) groups is 1. The van der Waals surface area contributed by atoms with Gasteiger partial charge < -0.3 is 9.64 Å². The maximum Gasteiger partial charge on any atom is 0.270 e. The first kappa shape index (κ1) is 14.5. The quantitative estimate of drug-likeness (QED) is 0.666. The van der Waals surface area contributed by atoms with Gasteiger partial charge in [-0.1, -0.05) is 11.6 Å². The first-order chi connectivity index (χ1) is 9.72. The van der Waals surface area contributed by atoms with Gasteiger partial charge >= 0.3 is 0 Å². The number of ether oxygens (including phenoxy) is 1. The van der Waals surface area contributed by atoms with Crippen molar-refractivity contribution in [3.63, 3.8) is 0 Å². The Bertz CT molecular complexity index is 792. The second-order valence-electron chi connectivity index (χ2n) is 5.47. The molecular weight excluding hydrogens is 358 g/mol. The van der Waals surface area contributed by atoms with Gasteiger partial charge in [-0.2, -0.15) is 0 Å². The second kappa shape index (κ2) is 4.55. The molecular formula is C14H13BrClN3O2. The molecule has 1 aromatic carbocycles. The van der Waals surface area contributed by atoms with Gasteiger partial charge in [-0.3, -0.25) is 4.79 Å². The number of hydrogen-bond acceptors (Lipinski definition) is 4. The molecule has 0 fully saturated rings. The smallest absolute Gasteiger partial charge is 0.270 e. The Morgan fingerprint density at radius 3 is 2.71 bits per heavy atom. The van der Waals surface area contributed by atoms with Crippen LogP contribution in [-0.4, -0.2) is 28.5 Å². The fraction of sp³-hybridized carbons (Fsp3) is 0.357. The third-order valence-electron chi connectivity index (χ3n) is 3.45. The van der Waals surface area contributed by atoms with Crippen molar-refractivity contribution in [2.45, 2.75) is 26.4 Å². The number of hydrogen-bond donors (Lipinski definition) is 0. The average molecular weight is 371 g/mol. The molecule has 1 aliphatic heterocycles. The molecule has 3 rings (SSSR count). The van der Waals surface area contributed by atoms with Crippen LogP contribution in [-0.2, 0) is 4.79 Å². The molecule has 0 bridgehead atoms. The van der Waals surface area contributed by atoms with E-state index >= 15 is 0 Å². The summed E-state index contributed by atoms with van der Waals surface area (Å²) >= 11 is 9.68. The number of likely N-dealkylation sites (N-methyl/N-ethyl adjacent to an activating group) is 1. The highest BCUT2D eigenvalue weighted by Crippen LogP contribution is 2.47. The van der Waals surface area contributed by atoms with E-state index in [-0.39, 0.29) is 5.91 Å². The molecule has 7 heteroatoms. The average Bonchev–Trinajstić information content (AvgIpc) is 2.37. The van der Waals surface area contributed by atoms with Crippen LogP contribution in [0.5, 0.6) is 5.75 Å². The number of nitrogens with zero attached hydrogens (tertiary/aromatic N) is 3. The van der Waals surface area contributed by atoms with Gasteiger partial charge in [-0.25, -0.2) is 9.97 Å². The van der Waals surface area contributed by atoms with Gasteiger partial charge in [0.2, 0.25) is 0 Å². The zero-order valence-corrected chi connectivity index (χ0v) is 14.3. The predicted molar refractivity (Wildman–Crippen MR) is 85.1 cm³/mol. The number of halogens is 2. The summed E-state index contributed by atoms with van der Waals surface area (Å²) in [6.45, 7) is 5.24. The molecule has 0 atom stereocenters. The zero-order valence-electron chi connectivity index (χ0n) is 12.0. The third-order valence-corrected chi connectivity index (χ3v) is 4.33. The van der Waals surface area contributed by atoms with E-state index in [0.29, 0.717) is 37.8 Å². The number of anilines is 1. The minimum Gasteiger partial charge on any atom is -0.475 e. The van der Waals surface area contributed by atoms with E-state index in [1.54, 1.807) is 32.7 Å². The van der Waals surface area contributed by atoms with Gasteiger partial charge in [0.05, 0.1) is 4.47 Å². The Morgan fingerprint density at radius 2 is 2.05 bits per heavy atom. The molecule has 110 valence electrons. The van der Waals surface area contributed by atoms with Crippen LogP contribution in [0, 0.1) is 6.92 Å². The first-order valence-electron chi connectivity index (χ1n) is 6.36. The normalized spacial score (nSPS) is 16.9. The third kappa shape index (κ3) is 2.08. The van der Waals surface area contributed by atoms with Gasteiger partial charge in [0.15, 0.2) is 11.4 Å². The van der Waals surface area contributed by atoms with Gasteiger partial charge in [0, 0.05) is 12.4 Å². The fourth-order valence-corrected chi connectivity index (χ4v) is 3.24. The van der Waals surface area contributed by atoms with Gasteiger partial charge in [0.25, 0.3) is 5.91 Å². The number of rotatable bonds is 0. The summed E-state index contributed by atoms with van der Waals surface area (Å²) in [5.41, 5.74) is 0.289. The molecule has 0 spiro atoms. The van der Waals surface area contributed by atoms with E-state index in [1.165, 1.54) is 0 Å². The number of aryl methyl sites for hydroxylation is 1. The number of aromatic nitrogens is 2. The highest BCUT2D eigenvalue weighted by molar-refractivity contribution is 9.10. The van der Waals surface area contributed by atoms with Crippen LogP contribution in [0.25, 0.3) is 10.9 Å². The van der Waals surface area contributed by atoms with Gasteiger partial charge in [-0.15, -0.1) is 0 Å². The Labute approximate surface area is 135 Å². The molecule has 1 amide bonds. The Hall–Kier alpha value is -1.40. The topological polar surface area (TPSA) is 55.3 Å². The lowest BCUT2D eigenvalue weighted by molar-refractivity contribution is -0.132. The Kier molecular flexibility index (Phi) is 3.15. The van der Waals surface area contributed by atoms with Crippen molar-refractivity contribution in [2.75, 3.05) is 11.9 Å². The monoisotopic (exact) mass is 369 g/mol. The summed E-state index contributed by atoms with van der Waals surface area (Å²) in [7, 11) is 1.71. The van der Waals surface area contributed by atoms with Crippen LogP contribution >= 0.6 is 27.5 Å².